The monoisotopic (exact) mass is 480 g/mol. The topological polar surface area (TPSA) is 94.2 Å². The van der Waals surface area contributed by atoms with Gasteiger partial charge in [-0.15, -0.1) is 0 Å². The number of nitrogens with zero attached hydrogens (tertiary/aromatic N) is 1. The number of fused-ring (bicyclic) bond motifs is 1. The number of nitrogens with one attached hydrogen (secondary N) is 1. The minimum absolute atomic E-state index is 0.0279. The first-order valence-electron chi connectivity index (χ1n) is 10.5. The first-order chi connectivity index (χ1) is 16.2. The molecule has 8 nitrogen and oxygen atoms in total. The second-order valence-corrected chi connectivity index (χ2v) is 7.19. The molecule has 11 heteroatoms. The Hall–Kier alpha value is -3.76. The Morgan fingerprint density at radius 1 is 1.06 bits per heavy atom. The van der Waals surface area contributed by atoms with Gasteiger partial charge in [-0.2, -0.15) is 13.2 Å². The average molecular weight is 480 g/mol. The minimum atomic E-state index is -4.89. The SMILES string of the molecule is CCOc1ccc(C(=O)OCC(=O)N2c3ccccc3NC(=O)CC2C(F)(F)F)cc1OCC. The van der Waals surface area contributed by atoms with E-state index in [1.54, 1.807) is 13.8 Å². The van der Waals surface area contributed by atoms with Crippen LogP contribution in [0.1, 0.15) is 30.6 Å². The molecule has 0 bridgehead atoms. The molecule has 0 saturated heterocycles. The molecule has 1 unspecified atom stereocenters. The van der Waals surface area contributed by atoms with Gasteiger partial charge in [0.25, 0.3) is 5.91 Å². The summed E-state index contributed by atoms with van der Waals surface area (Å²) in [6, 6.07) is 7.44. The average Bonchev–Trinajstić information content (AvgIpc) is 2.94. The van der Waals surface area contributed by atoms with Gasteiger partial charge < -0.3 is 19.5 Å². The smallest absolute Gasteiger partial charge is 0.409 e. The largest absolute Gasteiger partial charge is 0.490 e. The summed E-state index contributed by atoms with van der Waals surface area (Å²) in [6.45, 7) is 3.23. The van der Waals surface area contributed by atoms with E-state index < -0.39 is 43.0 Å². The maximum atomic E-state index is 13.8. The third kappa shape index (κ3) is 5.59. The Morgan fingerprint density at radius 2 is 1.74 bits per heavy atom. The molecule has 1 N–H and O–H groups in total. The lowest BCUT2D eigenvalue weighted by Crippen LogP contribution is -2.51. The number of hydrogen-bond acceptors (Lipinski definition) is 6. The lowest BCUT2D eigenvalue weighted by atomic mass is 10.1. The Morgan fingerprint density at radius 3 is 2.41 bits per heavy atom. The molecule has 182 valence electrons. The summed E-state index contributed by atoms with van der Waals surface area (Å²) in [4.78, 5) is 37.9. The quantitative estimate of drug-likeness (QED) is 0.604. The first kappa shape index (κ1) is 24.9. The van der Waals surface area contributed by atoms with E-state index in [4.69, 9.17) is 14.2 Å². The summed E-state index contributed by atoms with van der Waals surface area (Å²) >= 11 is 0. The molecular weight excluding hydrogens is 457 g/mol. The second kappa shape index (κ2) is 10.4. The van der Waals surface area contributed by atoms with Crippen LogP contribution in [-0.2, 0) is 14.3 Å². The van der Waals surface area contributed by atoms with Crippen molar-refractivity contribution in [3.8, 4) is 11.5 Å². The number of para-hydroxylation sites is 2. The molecule has 0 fully saturated rings. The number of carbonyl (C=O) groups excluding carboxylic acids is 3. The van der Waals surface area contributed by atoms with E-state index in [2.05, 4.69) is 5.32 Å². The molecule has 1 atom stereocenters. The molecule has 2 amide bonds. The molecular formula is C23H23F3N2O6. The second-order valence-electron chi connectivity index (χ2n) is 7.19. The number of carbonyl (C=O) groups is 3. The molecule has 0 radical (unpaired) electrons. The Labute approximate surface area is 193 Å². The summed E-state index contributed by atoms with van der Waals surface area (Å²) in [5.41, 5.74) is -0.0663. The standard InChI is InChI=1S/C23H23F3N2O6/c1-3-32-17-10-9-14(11-18(17)33-4-2)22(31)34-13-21(30)28-16-8-6-5-7-15(16)27-20(29)12-19(28)23(24,25)26/h5-11,19H,3-4,12-13H2,1-2H3,(H,27,29). The summed E-state index contributed by atoms with van der Waals surface area (Å²) in [5.74, 6) is -2.26. The summed E-state index contributed by atoms with van der Waals surface area (Å²) < 4.78 is 57.2. The predicted molar refractivity (Wildman–Crippen MR) is 116 cm³/mol. The van der Waals surface area contributed by atoms with Crippen molar-refractivity contribution in [2.24, 2.45) is 0 Å². The van der Waals surface area contributed by atoms with Crippen LogP contribution in [-0.4, -0.2) is 49.8 Å². The van der Waals surface area contributed by atoms with E-state index in [0.717, 1.165) is 0 Å². The fraction of sp³-hybridized carbons (Fsp3) is 0.348. The number of ether oxygens (including phenoxy) is 3. The van der Waals surface area contributed by atoms with E-state index in [1.165, 1.54) is 42.5 Å². The molecule has 0 aliphatic carbocycles. The fourth-order valence-corrected chi connectivity index (χ4v) is 3.45. The highest BCUT2D eigenvalue weighted by Crippen LogP contribution is 2.37. The lowest BCUT2D eigenvalue weighted by molar-refractivity contribution is -0.158. The molecule has 1 aliphatic heterocycles. The van der Waals surface area contributed by atoms with Crippen LogP contribution in [0, 0.1) is 0 Å². The molecule has 0 aromatic heterocycles. The van der Waals surface area contributed by atoms with Gasteiger partial charge >= 0.3 is 12.1 Å². The highest BCUT2D eigenvalue weighted by molar-refractivity contribution is 6.05. The van der Waals surface area contributed by atoms with E-state index in [0.29, 0.717) is 23.9 Å². The van der Waals surface area contributed by atoms with Gasteiger partial charge in [-0.3, -0.25) is 14.5 Å². The van der Waals surface area contributed by atoms with Crippen molar-refractivity contribution in [1.29, 1.82) is 0 Å². The number of alkyl halides is 3. The van der Waals surface area contributed by atoms with E-state index in [-0.39, 0.29) is 22.7 Å². The molecule has 1 heterocycles. The van der Waals surface area contributed by atoms with Gasteiger partial charge in [0.2, 0.25) is 5.91 Å². The summed E-state index contributed by atoms with van der Waals surface area (Å²) in [6.07, 6.45) is -5.88. The molecule has 3 rings (SSSR count). The van der Waals surface area contributed by atoms with Gasteiger partial charge in [0.15, 0.2) is 18.1 Å². The van der Waals surface area contributed by atoms with Gasteiger partial charge in [0.1, 0.15) is 6.04 Å². The van der Waals surface area contributed by atoms with E-state index in [9.17, 15) is 27.6 Å². The number of rotatable bonds is 7. The molecule has 2 aromatic rings. The first-order valence-corrected chi connectivity index (χ1v) is 10.5. The number of esters is 1. The predicted octanol–water partition coefficient (Wildman–Crippen LogP) is 3.95. The van der Waals surface area contributed by atoms with Crippen molar-refractivity contribution in [1.82, 2.24) is 0 Å². The molecule has 1 aliphatic rings. The zero-order chi connectivity index (χ0) is 24.9. The van der Waals surface area contributed by atoms with Gasteiger partial charge in [0, 0.05) is 0 Å². The Bertz CT molecular complexity index is 1070. The normalized spacial score (nSPS) is 15.6. The van der Waals surface area contributed by atoms with Crippen molar-refractivity contribution in [2.75, 3.05) is 30.0 Å². The summed E-state index contributed by atoms with van der Waals surface area (Å²) in [5, 5.41) is 2.37. The van der Waals surface area contributed by atoms with Crippen LogP contribution in [0.5, 0.6) is 11.5 Å². The highest BCUT2D eigenvalue weighted by atomic mass is 19.4. The maximum Gasteiger partial charge on any atom is 0.409 e. The number of amides is 2. The van der Waals surface area contributed by atoms with Crippen molar-refractivity contribution >= 4 is 29.2 Å². The third-order valence-corrected chi connectivity index (χ3v) is 4.88. The van der Waals surface area contributed by atoms with Crippen LogP contribution in [0.3, 0.4) is 0 Å². The van der Waals surface area contributed by atoms with Crippen LogP contribution in [0.2, 0.25) is 0 Å². The summed E-state index contributed by atoms with van der Waals surface area (Å²) in [7, 11) is 0. The van der Waals surface area contributed by atoms with Crippen LogP contribution >= 0.6 is 0 Å². The van der Waals surface area contributed by atoms with Crippen LogP contribution < -0.4 is 19.7 Å². The third-order valence-electron chi connectivity index (χ3n) is 4.88. The Balaban J connectivity index is 1.83. The van der Waals surface area contributed by atoms with Crippen molar-refractivity contribution in [3.63, 3.8) is 0 Å². The molecule has 34 heavy (non-hydrogen) atoms. The zero-order valence-corrected chi connectivity index (χ0v) is 18.5. The minimum Gasteiger partial charge on any atom is -0.490 e. The number of halogens is 3. The highest BCUT2D eigenvalue weighted by Gasteiger charge is 2.49. The number of hydrogen-bond donors (Lipinski definition) is 1. The fourth-order valence-electron chi connectivity index (χ4n) is 3.45. The van der Waals surface area contributed by atoms with E-state index in [1.807, 2.05) is 0 Å². The van der Waals surface area contributed by atoms with E-state index >= 15 is 0 Å². The molecule has 2 aromatic carbocycles. The number of benzene rings is 2. The van der Waals surface area contributed by atoms with Gasteiger partial charge in [-0.25, -0.2) is 4.79 Å². The van der Waals surface area contributed by atoms with Crippen LogP contribution in [0.25, 0.3) is 0 Å². The zero-order valence-electron chi connectivity index (χ0n) is 18.5. The van der Waals surface area contributed by atoms with Crippen molar-refractivity contribution in [3.05, 3.63) is 48.0 Å². The van der Waals surface area contributed by atoms with Gasteiger partial charge in [-0.1, -0.05) is 12.1 Å². The van der Waals surface area contributed by atoms with Gasteiger partial charge in [-0.05, 0) is 44.2 Å². The molecule has 0 spiro atoms. The number of anilines is 2. The van der Waals surface area contributed by atoms with Crippen LogP contribution in [0.15, 0.2) is 42.5 Å². The molecule has 0 saturated carbocycles. The van der Waals surface area contributed by atoms with Crippen LogP contribution in [0.4, 0.5) is 24.5 Å². The lowest BCUT2D eigenvalue weighted by Gasteiger charge is -2.31. The Kier molecular flexibility index (Phi) is 7.64. The van der Waals surface area contributed by atoms with Crippen molar-refractivity contribution in [2.45, 2.75) is 32.5 Å². The van der Waals surface area contributed by atoms with Crippen molar-refractivity contribution < 1.29 is 41.8 Å². The van der Waals surface area contributed by atoms with Gasteiger partial charge in [0.05, 0.1) is 36.6 Å². The maximum absolute atomic E-state index is 13.8.